The zero-order valence-corrected chi connectivity index (χ0v) is 11.7. The van der Waals surface area contributed by atoms with Gasteiger partial charge in [-0.3, -0.25) is 9.69 Å². The van der Waals surface area contributed by atoms with Crippen molar-refractivity contribution in [3.8, 4) is 0 Å². The molecule has 0 aliphatic carbocycles. The molecule has 1 aromatic rings. The van der Waals surface area contributed by atoms with Gasteiger partial charge in [0.15, 0.2) is 5.78 Å². The van der Waals surface area contributed by atoms with Crippen molar-refractivity contribution in [3.05, 3.63) is 35.9 Å². The maximum atomic E-state index is 11.8. The molecule has 1 heterocycles. The van der Waals surface area contributed by atoms with E-state index < -0.39 is 0 Å². The topological polar surface area (TPSA) is 32.8 Å². The predicted molar refractivity (Wildman–Crippen MR) is 75.1 cm³/mol. The average molecular weight is 262 g/mol. The molecule has 1 aliphatic heterocycles. The number of nitrogens with zero attached hydrogens (tertiary/aromatic N) is 2. The number of rotatable bonds is 5. The third-order valence-corrected chi connectivity index (χ3v) is 3.56. The van der Waals surface area contributed by atoms with Crippen molar-refractivity contribution in [3.63, 3.8) is 0 Å². The fourth-order valence-corrected chi connectivity index (χ4v) is 2.57. The lowest BCUT2D eigenvalue weighted by Gasteiger charge is -2.40. The van der Waals surface area contributed by atoms with Crippen molar-refractivity contribution in [2.75, 3.05) is 46.9 Å². The predicted octanol–water partition coefficient (Wildman–Crippen LogP) is 1.19. The molecule has 0 N–H and O–H groups in total. The molecule has 0 aromatic heterocycles. The first-order valence-corrected chi connectivity index (χ1v) is 6.69. The molecule has 2 rings (SSSR count). The first-order valence-electron chi connectivity index (χ1n) is 6.69. The molecule has 0 bridgehead atoms. The maximum Gasteiger partial charge on any atom is 0.172 e. The summed E-state index contributed by atoms with van der Waals surface area (Å²) in [6.45, 7) is 3.56. The summed E-state index contributed by atoms with van der Waals surface area (Å²) in [6, 6.07) is 10.7. The first kappa shape index (κ1) is 14.2. The fraction of sp³-hybridized carbons (Fsp3) is 0.533. The van der Waals surface area contributed by atoms with Gasteiger partial charge in [0.25, 0.3) is 0 Å². The highest BCUT2D eigenvalue weighted by atomic mass is 16.5. The van der Waals surface area contributed by atoms with Crippen molar-refractivity contribution >= 4 is 5.78 Å². The smallest absolute Gasteiger partial charge is 0.172 e. The molecule has 0 radical (unpaired) electrons. The molecule has 1 aliphatic rings. The molecule has 104 valence electrons. The van der Waals surface area contributed by atoms with Crippen LogP contribution in [0.4, 0.5) is 0 Å². The summed E-state index contributed by atoms with van der Waals surface area (Å²) in [4.78, 5) is 16.4. The molecule has 1 unspecified atom stereocenters. The van der Waals surface area contributed by atoms with Crippen LogP contribution in [-0.4, -0.2) is 62.5 Å². The second-order valence-electron chi connectivity index (χ2n) is 5.13. The Kier molecular flexibility index (Phi) is 5.07. The van der Waals surface area contributed by atoms with E-state index in [0.717, 1.165) is 19.6 Å². The summed E-state index contributed by atoms with van der Waals surface area (Å²) in [5.41, 5.74) is 1.28. The molecular weight excluding hydrogens is 240 g/mol. The molecule has 0 amide bonds. The summed E-state index contributed by atoms with van der Waals surface area (Å²) in [7, 11) is 3.70. The van der Waals surface area contributed by atoms with E-state index in [1.807, 2.05) is 6.07 Å². The van der Waals surface area contributed by atoms with E-state index in [9.17, 15) is 4.79 Å². The third kappa shape index (κ3) is 3.86. The molecule has 1 saturated heterocycles. The number of carbonyl (C=O) groups is 1. The number of hydrogen-bond donors (Lipinski definition) is 0. The van der Waals surface area contributed by atoms with E-state index in [1.165, 1.54) is 5.56 Å². The Morgan fingerprint density at radius 3 is 2.74 bits per heavy atom. The Hall–Kier alpha value is -1.23. The number of carbonyl (C=O) groups excluding carboxylic acids is 1. The van der Waals surface area contributed by atoms with Crippen LogP contribution in [0.1, 0.15) is 11.6 Å². The minimum absolute atomic E-state index is 0.146. The molecule has 1 aromatic carbocycles. The minimum atomic E-state index is 0.146. The fourth-order valence-electron chi connectivity index (χ4n) is 2.57. The number of hydrogen-bond acceptors (Lipinski definition) is 4. The Balaban J connectivity index is 2.09. The molecule has 1 fully saturated rings. The lowest BCUT2D eigenvalue weighted by Crippen LogP contribution is -2.48. The molecule has 4 nitrogen and oxygen atoms in total. The van der Waals surface area contributed by atoms with Gasteiger partial charge in [0, 0.05) is 32.8 Å². The van der Waals surface area contributed by atoms with E-state index in [2.05, 4.69) is 41.1 Å². The largest absolute Gasteiger partial charge is 0.377 e. The van der Waals surface area contributed by atoms with Gasteiger partial charge in [0.1, 0.15) is 6.61 Å². The second kappa shape index (κ2) is 6.80. The highest BCUT2D eigenvalue weighted by Crippen LogP contribution is 2.24. The zero-order valence-electron chi connectivity index (χ0n) is 11.7. The van der Waals surface area contributed by atoms with Crippen molar-refractivity contribution in [1.82, 2.24) is 9.80 Å². The third-order valence-electron chi connectivity index (χ3n) is 3.56. The number of likely N-dealkylation sites (N-methyl/N-ethyl adjacent to an activating group) is 1. The van der Waals surface area contributed by atoms with Crippen molar-refractivity contribution < 1.29 is 9.53 Å². The molecular formula is C15H22N2O2. The van der Waals surface area contributed by atoms with Gasteiger partial charge in [0.2, 0.25) is 0 Å². The average Bonchev–Trinajstić information content (AvgIpc) is 2.42. The highest BCUT2D eigenvalue weighted by molar-refractivity contribution is 5.81. The Bertz CT molecular complexity index is 408. The Morgan fingerprint density at radius 2 is 2.05 bits per heavy atom. The van der Waals surface area contributed by atoms with E-state index >= 15 is 0 Å². The van der Waals surface area contributed by atoms with E-state index in [1.54, 1.807) is 7.11 Å². The molecule has 0 spiro atoms. The maximum absolute atomic E-state index is 11.8. The summed E-state index contributed by atoms with van der Waals surface area (Å²) in [6.07, 6.45) is 0. The van der Waals surface area contributed by atoms with Crippen LogP contribution in [-0.2, 0) is 9.53 Å². The number of ketones is 1. The first-order chi connectivity index (χ1) is 9.20. The monoisotopic (exact) mass is 262 g/mol. The Labute approximate surface area is 115 Å². The lowest BCUT2D eigenvalue weighted by atomic mass is 10.0. The van der Waals surface area contributed by atoms with Gasteiger partial charge in [-0.05, 0) is 12.6 Å². The minimum Gasteiger partial charge on any atom is -0.377 e. The van der Waals surface area contributed by atoms with Gasteiger partial charge >= 0.3 is 0 Å². The summed E-state index contributed by atoms with van der Waals surface area (Å²) in [5, 5.41) is 0. The standard InChI is InChI=1S/C15H22N2O2/c1-16-8-9-17(10-14(18)12-19-2)15(11-16)13-6-4-3-5-7-13/h3-7,15H,8-12H2,1-2H3. The van der Waals surface area contributed by atoms with Crippen molar-refractivity contribution in [1.29, 1.82) is 0 Å². The highest BCUT2D eigenvalue weighted by Gasteiger charge is 2.27. The molecule has 1 atom stereocenters. The van der Waals surface area contributed by atoms with Crippen molar-refractivity contribution in [2.45, 2.75) is 6.04 Å². The van der Waals surface area contributed by atoms with Gasteiger partial charge in [-0.15, -0.1) is 0 Å². The van der Waals surface area contributed by atoms with Gasteiger partial charge in [-0.1, -0.05) is 30.3 Å². The number of methoxy groups -OCH3 is 1. The van der Waals surface area contributed by atoms with E-state index in [4.69, 9.17) is 4.74 Å². The lowest BCUT2D eigenvalue weighted by molar-refractivity contribution is -0.125. The van der Waals surface area contributed by atoms with Crippen LogP contribution in [0.3, 0.4) is 0 Å². The Morgan fingerprint density at radius 1 is 1.32 bits per heavy atom. The summed E-state index contributed by atoms with van der Waals surface area (Å²) >= 11 is 0. The van der Waals surface area contributed by atoms with Gasteiger partial charge in [0.05, 0.1) is 6.54 Å². The van der Waals surface area contributed by atoms with Crippen molar-refractivity contribution in [2.24, 2.45) is 0 Å². The normalized spacial score (nSPS) is 21.5. The van der Waals surface area contributed by atoms with Gasteiger partial charge in [-0.2, -0.15) is 0 Å². The van der Waals surface area contributed by atoms with Crippen LogP contribution in [0.25, 0.3) is 0 Å². The van der Waals surface area contributed by atoms with Crippen LogP contribution < -0.4 is 0 Å². The van der Waals surface area contributed by atoms with Crippen LogP contribution in [0.5, 0.6) is 0 Å². The van der Waals surface area contributed by atoms with Gasteiger partial charge in [-0.25, -0.2) is 0 Å². The zero-order chi connectivity index (χ0) is 13.7. The number of ether oxygens (including phenoxy) is 1. The van der Waals surface area contributed by atoms with E-state index in [0.29, 0.717) is 12.6 Å². The van der Waals surface area contributed by atoms with Crippen LogP contribution in [0.2, 0.25) is 0 Å². The van der Waals surface area contributed by atoms with Gasteiger partial charge < -0.3 is 9.64 Å². The summed E-state index contributed by atoms with van der Waals surface area (Å²) in [5.74, 6) is 0.146. The summed E-state index contributed by atoms with van der Waals surface area (Å²) < 4.78 is 4.92. The second-order valence-corrected chi connectivity index (χ2v) is 5.13. The molecule has 19 heavy (non-hydrogen) atoms. The number of benzene rings is 1. The van der Waals surface area contributed by atoms with Crippen LogP contribution in [0, 0.1) is 0 Å². The number of piperazine rings is 1. The van der Waals surface area contributed by atoms with Crippen LogP contribution in [0.15, 0.2) is 30.3 Å². The number of Topliss-reactive ketones (excluding diaryl/α,β-unsaturated/α-hetero) is 1. The molecule has 4 heteroatoms. The quantitative estimate of drug-likeness (QED) is 0.798. The SMILES string of the molecule is COCC(=O)CN1CCN(C)CC1c1ccccc1. The van der Waals surface area contributed by atoms with E-state index in [-0.39, 0.29) is 12.4 Å². The van der Waals surface area contributed by atoms with Crippen LogP contribution >= 0.6 is 0 Å². The molecule has 0 saturated carbocycles.